The van der Waals surface area contributed by atoms with Crippen molar-refractivity contribution in [1.82, 2.24) is 0 Å². The van der Waals surface area contributed by atoms with Crippen molar-refractivity contribution in [3.8, 4) is 11.1 Å². The molecule has 0 heterocycles. The minimum atomic E-state index is 0.679. The van der Waals surface area contributed by atoms with Crippen LogP contribution in [0.2, 0.25) is 5.02 Å². The van der Waals surface area contributed by atoms with Crippen LogP contribution in [0.15, 0.2) is 42.5 Å². The standard InChI is InChI=1S/C15H16ClN/c1-11-14(6-3-7-15(11)16)13-5-2-4-12(10-13)8-9-17/h2-7,10H,8-9,17H2,1H3. The SMILES string of the molecule is Cc1c(Cl)cccc1-c1cccc(CCN)c1. The Balaban J connectivity index is 2.45. The van der Waals surface area contributed by atoms with Crippen LogP contribution < -0.4 is 5.73 Å². The van der Waals surface area contributed by atoms with Crippen molar-refractivity contribution in [2.45, 2.75) is 13.3 Å². The maximum Gasteiger partial charge on any atom is 0.0441 e. The molecule has 1 nitrogen and oxygen atoms in total. The quantitative estimate of drug-likeness (QED) is 0.874. The fourth-order valence-electron chi connectivity index (χ4n) is 1.98. The summed E-state index contributed by atoms with van der Waals surface area (Å²) in [4.78, 5) is 0. The van der Waals surface area contributed by atoms with Gasteiger partial charge in [-0.1, -0.05) is 48.0 Å². The van der Waals surface area contributed by atoms with Gasteiger partial charge in [0.1, 0.15) is 0 Å². The van der Waals surface area contributed by atoms with Crippen molar-refractivity contribution in [2.75, 3.05) is 6.54 Å². The maximum absolute atomic E-state index is 6.14. The molecule has 2 aromatic rings. The number of benzene rings is 2. The normalized spacial score (nSPS) is 10.5. The molecule has 0 saturated heterocycles. The second kappa shape index (κ2) is 5.35. The van der Waals surface area contributed by atoms with Crippen molar-refractivity contribution in [1.29, 1.82) is 0 Å². The second-order valence-corrected chi connectivity index (χ2v) is 4.56. The molecule has 2 heteroatoms. The molecule has 2 rings (SSSR count). The zero-order chi connectivity index (χ0) is 12.3. The maximum atomic E-state index is 6.14. The van der Waals surface area contributed by atoms with Crippen molar-refractivity contribution in [3.63, 3.8) is 0 Å². The molecule has 88 valence electrons. The lowest BCUT2D eigenvalue weighted by Crippen LogP contribution is -2.02. The summed E-state index contributed by atoms with van der Waals surface area (Å²) >= 11 is 6.14. The summed E-state index contributed by atoms with van der Waals surface area (Å²) in [5, 5.41) is 0.812. The van der Waals surface area contributed by atoms with Gasteiger partial charge in [-0.15, -0.1) is 0 Å². The topological polar surface area (TPSA) is 26.0 Å². The fourth-order valence-corrected chi connectivity index (χ4v) is 2.16. The van der Waals surface area contributed by atoms with Gasteiger partial charge in [-0.25, -0.2) is 0 Å². The van der Waals surface area contributed by atoms with Gasteiger partial charge in [0.25, 0.3) is 0 Å². The van der Waals surface area contributed by atoms with Crippen LogP contribution >= 0.6 is 11.6 Å². The number of hydrogen-bond acceptors (Lipinski definition) is 1. The average Bonchev–Trinajstić information content (AvgIpc) is 2.33. The van der Waals surface area contributed by atoms with E-state index in [0.717, 1.165) is 17.0 Å². The van der Waals surface area contributed by atoms with Crippen LogP contribution in [0.1, 0.15) is 11.1 Å². The Kier molecular flexibility index (Phi) is 3.82. The number of nitrogens with two attached hydrogens (primary N) is 1. The van der Waals surface area contributed by atoms with E-state index in [1.165, 1.54) is 16.7 Å². The molecular formula is C15H16ClN. The van der Waals surface area contributed by atoms with E-state index in [2.05, 4.69) is 30.3 Å². The Hall–Kier alpha value is -1.31. The predicted molar refractivity (Wildman–Crippen MR) is 74.4 cm³/mol. The first-order chi connectivity index (χ1) is 8.22. The number of halogens is 1. The molecule has 0 fully saturated rings. The first-order valence-electron chi connectivity index (χ1n) is 5.77. The molecule has 0 aliphatic carbocycles. The van der Waals surface area contributed by atoms with Crippen molar-refractivity contribution in [3.05, 3.63) is 58.6 Å². The molecule has 0 saturated carbocycles. The molecule has 0 atom stereocenters. The number of hydrogen-bond donors (Lipinski definition) is 1. The largest absolute Gasteiger partial charge is 0.330 e. The lowest BCUT2D eigenvalue weighted by atomic mass is 9.98. The van der Waals surface area contributed by atoms with E-state index in [0.29, 0.717) is 6.54 Å². The summed E-state index contributed by atoms with van der Waals surface area (Å²) in [6, 6.07) is 14.5. The van der Waals surface area contributed by atoms with E-state index < -0.39 is 0 Å². The van der Waals surface area contributed by atoms with Gasteiger partial charge in [0.2, 0.25) is 0 Å². The van der Waals surface area contributed by atoms with Crippen molar-refractivity contribution < 1.29 is 0 Å². The van der Waals surface area contributed by atoms with Gasteiger partial charge in [0.05, 0.1) is 0 Å². The summed E-state index contributed by atoms with van der Waals surface area (Å²) in [7, 11) is 0. The van der Waals surface area contributed by atoms with Gasteiger partial charge in [0, 0.05) is 5.02 Å². The van der Waals surface area contributed by atoms with Crippen LogP contribution in [0.3, 0.4) is 0 Å². The summed E-state index contributed by atoms with van der Waals surface area (Å²) in [5.41, 5.74) is 10.4. The Morgan fingerprint density at radius 2 is 1.88 bits per heavy atom. The molecule has 0 aliphatic rings. The van der Waals surface area contributed by atoms with Gasteiger partial charge >= 0.3 is 0 Å². The molecule has 0 aromatic heterocycles. The van der Waals surface area contributed by atoms with Crippen LogP contribution in [0, 0.1) is 6.92 Å². The third kappa shape index (κ3) is 2.68. The van der Waals surface area contributed by atoms with E-state index >= 15 is 0 Å². The zero-order valence-electron chi connectivity index (χ0n) is 9.91. The van der Waals surface area contributed by atoms with Crippen LogP contribution in [0.25, 0.3) is 11.1 Å². The summed E-state index contributed by atoms with van der Waals surface area (Å²) in [6.45, 7) is 2.73. The minimum Gasteiger partial charge on any atom is -0.330 e. The molecule has 17 heavy (non-hydrogen) atoms. The Morgan fingerprint density at radius 3 is 2.65 bits per heavy atom. The summed E-state index contributed by atoms with van der Waals surface area (Å²) in [5.74, 6) is 0. The molecule has 0 radical (unpaired) electrons. The molecule has 0 bridgehead atoms. The number of rotatable bonds is 3. The van der Waals surface area contributed by atoms with E-state index in [-0.39, 0.29) is 0 Å². The lowest BCUT2D eigenvalue weighted by molar-refractivity contribution is 0.969. The molecule has 0 amide bonds. The summed E-state index contributed by atoms with van der Waals surface area (Å²) < 4.78 is 0. The smallest absolute Gasteiger partial charge is 0.0441 e. The highest BCUT2D eigenvalue weighted by atomic mass is 35.5. The van der Waals surface area contributed by atoms with Gasteiger partial charge < -0.3 is 5.73 Å². The van der Waals surface area contributed by atoms with Crippen LogP contribution in [-0.4, -0.2) is 6.54 Å². The molecular weight excluding hydrogens is 230 g/mol. The predicted octanol–water partition coefficient (Wildman–Crippen LogP) is 3.82. The van der Waals surface area contributed by atoms with Crippen LogP contribution in [0.4, 0.5) is 0 Å². The lowest BCUT2D eigenvalue weighted by Gasteiger charge is -2.09. The minimum absolute atomic E-state index is 0.679. The highest BCUT2D eigenvalue weighted by Gasteiger charge is 2.05. The molecule has 0 aliphatic heterocycles. The van der Waals surface area contributed by atoms with Gasteiger partial charge in [-0.3, -0.25) is 0 Å². The summed E-state index contributed by atoms with van der Waals surface area (Å²) in [6.07, 6.45) is 0.910. The Morgan fingerprint density at radius 1 is 1.12 bits per heavy atom. The van der Waals surface area contributed by atoms with Crippen LogP contribution in [-0.2, 0) is 6.42 Å². The van der Waals surface area contributed by atoms with Gasteiger partial charge in [-0.05, 0) is 48.2 Å². The molecule has 2 N–H and O–H groups in total. The fraction of sp³-hybridized carbons (Fsp3) is 0.200. The first-order valence-corrected chi connectivity index (χ1v) is 6.14. The Bertz CT molecular complexity index is 520. The van der Waals surface area contributed by atoms with Crippen molar-refractivity contribution >= 4 is 11.6 Å². The molecule has 0 spiro atoms. The molecule has 0 unspecified atom stereocenters. The van der Waals surface area contributed by atoms with Gasteiger partial charge in [-0.2, -0.15) is 0 Å². The van der Waals surface area contributed by atoms with E-state index in [9.17, 15) is 0 Å². The average molecular weight is 246 g/mol. The highest BCUT2D eigenvalue weighted by Crippen LogP contribution is 2.28. The Labute approximate surface area is 107 Å². The van der Waals surface area contributed by atoms with E-state index in [1.54, 1.807) is 0 Å². The highest BCUT2D eigenvalue weighted by molar-refractivity contribution is 6.31. The zero-order valence-corrected chi connectivity index (χ0v) is 10.7. The second-order valence-electron chi connectivity index (χ2n) is 4.15. The van der Waals surface area contributed by atoms with Crippen molar-refractivity contribution in [2.24, 2.45) is 5.73 Å². The third-order valence-corrected chi connectivity index (χ3v) is 3.35. The van der Waals surface area contributed by atoms with E-state index in [4.69, 9.17) is 17.3 Å². The van der Waals surface area contributed by atoms with E-state index in [1.807, 2.05) is 19.1 Å². The molecule has 2 aromatic carbocycles. The van der Waals surface area contributed by atoms with Crippen LogP contribution in [0.5, 0.6) is 0 Å². The monoisotopic (exact) mass is 245 g/mol. The van der Waals surface area contributed by atoms with Gasteiger partial charge in [0.15, 0.2) is 0 Å². The third-order valence-electron chi connectivity index (χ3n) is 2.94. The first kappa shape index (κ1) is 12.2.